The van der Waals surface area contributed by atoms with Gasteiger partial charge in [0.2, 0.25) is 0 Å². The van der Waals surface area contributed by atoms with Crippen molar-refractivity contribution in [2.45, 2.75) is 72.3 Å². The number of rotatable bonds is 2. The van der Waals surface area contributed by atoms with E-state index in [9.17, 15) is 4.79 Å². The van der Waals surface area contributed by atoms with Gasteiger partial charge in [0, 0.05) is 28.7 Å². The standard InChI is InChI=1S/C23H31N3O/c1-14-9-11-16(12-10-14)18-17(15(2)27)13-24-21-19(18)20(22(3,4)5)25-26(21)23(6,7)8/h9-13,18,24H,1-8H3. The van der Waals surface area contributed by atoms with Crippen LogP contribution in [0.15, 0.2) is 36.0 Å². The first-order valence-electron chi connectivity index (χ1n) is 9.59. The largest absolute Gasteiger partial charge is 0.346 e. The Morgan fingerprint density at radius 2 is 1.67 bits per heavy atom. The quantitative estimate of drug-likeness (QED) is 0.788. The molecule has 0 saturated heterocycles. The van der Waals surface area contributed by atoms with Gasteiger partial charge in [0.25, 0.3) is 0 Å². The number of ketones is 1. The highest BCUT2D eigenvalue weighted by Gasteiger charge is 2.38. The van der Waals surface area contributed by atoms with E-state index < -0.39 is 0 Å². The second kappa shape index (κ2) is 6.36. The zero-order valence-corrected chi connectivity index (χ0v) is 17.8. The fourth-order valence-electron chi connectivity index (χ4n) is 3.68. The van der Waals surface area contributed by atoms with Crippen LogP contribution >= 0.6 is 0 Å². The Kier molecular flexibility index (Phi) is 4.57. The average Bonchev–Trinajstić information content (AvgIpc) is 2.94. The third kappa shape index (κ3) is 3.45. The number of fused-ring (bicyclic) bond motifs is 1. The highest BCUT2D eigenvalue weighted by Crippen LogP contribution is 2.46. The number of hydrogen-bond donors (Lipinski definition) is 1. The zero-order chi connectivity index (χ0) is 20.1. The fraction of sp³-hybridized carbons (Fsp3) is 0.478. The van der Waals surface area contributed by atoms with Gasteiger partial charge in [-0.05, 0) is 40.2 Å². The molecule has 1 aromatic carbocycles. The molecule has 0 aliphatic carbocycles. The summed E-state index contributed by atoms with van der Waals surface area (Å²) in [6.45, 7) is 16.7. The molecule has 1 unspecified atom stereocenters. The zero-order valence-electron chi connectivity index (χ0n) is 17.8. The fourth-order valence-corrected chi connectivity index (χ4v) is 3.68. The van der Waals surface area contributed by atoms with Crippen LogP contribution in [0.2, 0.25) is 0 Å². The maximum Gasteiger partial charge on any atom is 0.158 e. The minimum Gasteiger partial charge on any atom is -0.346 e. The van der Waals surface area contributed by atoms with Gasteiger partial charge in [-0.15, -0.1) is 0 Å². The number of carbonyl (C=O) groups is 1. The Hall–Kier alpha value is -2.36. The van der Waals surface area contributed by atoms with E-state index in [1.807, 2.05) is 6.20 Å². The number of allylic oxidation sites excluding steroid dienone is 1. The lowest BCUT2D eigenvalue weighted by Gasteiger charge is -2.29. The monoisotopic (exact) mass is 365 g/mol. The molecule has 1 aliphatic rings. The Bertz CT molecular complexity index is 903. The molecule has 1 N–H and O–H groups in total. The minimum atomic E-state index is -0.167. The number of Topliss-reactive ketones (excluding diaryl/α,β-unsaturated/α-hetero) is 1. The molecule has 0 radical (unpaired) electrons. The molecule has 3 rings (SSSR count). The number of carbonyl (C=O) groups excluding carboxylic acids is 1. The molecule has 144 valence electrons. The molecule has 0 spiro atoms. The summed E-state index contributed by atoms with van der Waals surface area (Å²) < 4.78 is 2.07. The molecule has 0 fully saturated rings. The number of nitrogens with zero attached hydrogens (tertiary/aromatic N) is 2. The van der Waals surface area contributed by atoms with E-state index in [1.165, 1.54) is 5.56 Å². The molecule has 1 aromatic heterocycles. The van der Waals surface area contributed by atoms with Crippen molar-refractivity contribution in [1.82, 2.24) is 9.78 Å². The predicted octanol–water partition coefficient (Wildman–Crippen LogP) is 5.27. The van der Waals surface area contributed by atoms with Gasteiger partial charge in [-0.25, -0.2) is 4.68 Å². The number of benzene rings is 1. The van der Waals surface area contributed by atoms with Crippen molar-refractivity contribution >= 4 is 11.6 Å². The lowest BCUT2D eigenvalue weighted by Crippen LogP contribution is -2.26. The van der Waals surface area contributed by atoms with Gasteiger partial charge in [-0.1, -0.05) is 50.6 Å². The van der Waals surface area contributed by atoms with Gasteiger partial charge in [0.1, 0.15) is 5.82 Å². The van der Waals surface area contributed by atoms with Crippen LogP contribution in [0.5, 0.6) is 0 Å². The Labute approximate surface area is 162 Å². The third-order valence-electron chi connectivity index (χ3n) is 5.05. The topological polar surface area (TPSA) is 46.9 Å². The minimum absolute atomic E-state index is 0.0853. The van der Waals surface area contributed by atoms with Gasteiger partial charge < -0.3 is 5.32 Å². The van der Waals surface area contributed by atoms with Crippen LogP contribution in [-0.2, 0) is 15.7 Å². The van der Waals surface area contributed by atoms with E-state index in [2.05, 4.69) is 82.7 Å². The van der Waals surface area contributed by atoms with Gasteiger partial charge in [0.15, 0.2) is 5.78 Å². The van der Waals surface area contributed by atoms with Gasteiger partial charge >= 0.3 is 0 Å². The smallest absolute Gasteiger partial charge is 0.158 e. The summed E-state index contributed by atoms with van der Waals surface area (Å²) in [6, 6.07) is 8.49. The van der Waals surface area contributed by atoms with Crippen LogP contribution in [0.4, 0.5) is 5.82 Å². The molecular formula is C23H31N3O. The summed E-state index contributed by atoms with van der Waals surface area (Å²) in [5.41, 5.74) is 4.98. The number of aromatic nitrogens is 2. The number of hydrogen-bond acceptors (Lipinski definition) is 3. The molecule has 0 amide bonds. The van der Waals surface area contributed by atoms with Crippen molar-refractivity contribution < 1.29 is 4.79 Å². The molecule has 0 saturated carbocycles. The number of nitrogens with one attached hydrogen (secondary N) is 1. The summed E-state index contributed by atoms with van der Waals surface area (Å²) in [4.78, 5) is 12.5. The summed E-state index contributed by atoms with van der Waals surface area (Å²) in [6.07, 6.45) is 1.87. The van der Waals surface area contributed by atoms with Crippen LogP contribution < -0.4 is 5.32 Å². The van der Waals surface area contributed by atoms with Crippen LogP contribution in [0.1, 0.15) is 76.8 Å². The van der Waals surface area contributed by atoms with Crippen molar-refractivity contribution in [2.24, 2.45) is 0 Å². The molecular weight excluding hydrogens is 334 g/mol. The van der Waals surface area contributed by atoms with E-state index in [1.54, 1.807) is 6.92 Å². The maximum atomic E-state index is 12.5. The van der Waals surface area contributed by atoms with Crippen molar-refractivity contribution in [3.05, 3.63) is 58.4 Å². The summed E-state index contributed by atoms with van der Waals surface area (Å²) in [5.74, 6) is 0.967. The second-order valence-corrected chi connectivity index (χ2v) is 9.59. The third-order valence-corrected chi connectivity index (χ3v) is 5.05. The molecule has 27 heavy (non-hydrogen) atoms. The Balaban J connectivity index is 2.34. The van der Waals surface area contributed by atoms with Gasteiger partial charge in [-0.2, -0.15) is 5.10 Å². The lowest BCUT2D eigenvalue weighted by molar-refractivity contribution is -0.113. The second-order valence-electron chi connectivity index (χ2n) is 9.59. The first-order valence-corrected chi connectivity index (χ1v) is 9.59. The highest BCUT2D eigenvalue weighted by atomic mass is 16.1. The maximum absolute atomic E-state index is 12.5. The molecule has 4 heteroatoms. The highest BCUT2D eigenvalue weighted by molar-refractivity contribution is 5.97. The molecule has 1 aliphatic heterocycles. The van der Waals surface area contributed by atoms with Crippen molar-refractivity contribution in [3.63, 3.8) is 0 Å². The Morgan fingerprint density at radius 3 is 2.15 bits per heavy atom. The molecule has 2 aromatic rings. The van der Waals surface area contributed by atoms with Crippen LogP contribution in [0, 0.1) is 6.92 Å². The molecule has 0 bridgehead atoms. The predicted molar refractivity (Wildman–Crippen MR) is 111 cm³/mol. The number of aryl methyl sites for hydroxylation is 1. The van der Waals surface area contributed by atoms with E-state index in [-0.39, 0.29) is 22.7 Å². The van der Waals surface area contributed by atoms with Crippen LogP contribution in [-0.4, -0.2) is 15.6 Å². The normalized spacial score (nSPS) is 17.2. The van der Waals surface area contributed by atoms with E-state index in [4.69, 9.17) is 5.10 Å². The first-order chi connectivity index (χ1) is 12.4. The molecule has 2 heterocycles. The lowest BCUT2D eigenvalue weighted by atomic mass is 9.77. The van der Waals surface area contributed by atoms with Gasteiger partial charge in [0.05, 0.1) is 11.2 Å². The van der Waals surface area contributed by atoms with Crippen molar-refractivity contribution in [2.75, 3.05) is 5.32 Å². The summed E-state index contributed by atoms with van der Waals surface area (Å²) >= 11 is 0. The van der Waals surface area contributed by atoms with E-state index in [0.29, 0.717) is 0 Å². The number of anilines is 1. The van der Waals surface area contributed by atoms with E-state index >= 15 is 0 Å². The van der Waals surface area contributed by atoms with Crippen molar-refractivity contribution in [1.29, 1.82) is 0 Å². The Morgan fingerprint density at radius 1 is 1.07 bits per heavy atom. The van der Waals surface area contributed by atoms with Gasteiger partial charge in [-0.3, -0.25) is 4.79 Å². The van der Waals surface area contributed by atoms with Crippen LogP contribution in [0.3, 0.4) is 0 Å². The summed E-state index contributed by atoms with van der Waals surface area (Å²) in [5, 5.41) is 8.42. The summed E-state index contributed by atoms with van der Waals surface area (Å²) in [7, 11) is 0. The van der Waals surface area contributed by atoms with Crippen LogP contribution in [0.25, 0.3) is 0 Å². The van der Waals surface area contributed by atoms with Crippen molar-refractivity contribution in [3.8, 4) is 0 Å². The first kappa shape index (κ1) is 19.4. The molecule has 4 nitrogen and oxygen atoms in total. The molecule has 1 atom stereocenters. The van der Waals surface area contributed by atoms with E-state index in [0.717, 1.165) is 28.2 Å². The average molecular weight is 366 g/mol. The SMILES string of the molecule is CC(=O)C1=CNc2c(c(C(C)(C)C)nn2C(C)(C)C)C1c1ccc(C)cc1.